The number of nitrogens with zero attached hydrogens (tertiary/aromatic N) is 3. The minimum Gasteiger partial charge on any atom is -0.351 e. The normalized spacial score (nSPS) is 17.6. The van der Waals surface area contributed by atoms with Crippen LogP contribution in [-0.2, 0) is 6.42 Å². The van der Waals surface area contributed by atoms with Crippen LogP contribution >= 0.6 is 12.2 Å². The fourth-order valence-corrected chi connectivity index (χ4v) is 5.44. The molecular formula is C29H29FN4S. The van der Waals surface area contributed by atoms with Crippen molar-refractivity contribution in [2.24, 2.45) is 0 Å². The second-order valence-corrected chi connectivity index (χ2v) is 9.50. The van der Waals surface area contributed by atoms with Crippen molar-refractivity contribution in [3.05, 3.63) is 113 Å². The Labute approximate surface area is 211 Å². The van der Waals surface area contributed by atoms with E-state index in [0.717, 1.165) is 40.4 Å². The molecule has 0 radical (unpaired) electrons. The quantitative estimate of drug-likeness (QED) is 0.321. The molecule has 4 aromatic rings. The average molecular weight is 485 g/mol. The predicted octanol–water partition coefficient (Wildman–Crippen LogP) is 6.68. The highest BCUT2D eigenvalue weighted by molar-refractivity contribution is 7.80. The number of hydrogen-bond donors (Lipinski definition) is 1. The summed E-state index contributed by atoms with van der Waals surface area (Å²) < 4.78 is 16.4. The van der Waals surface area contributed by atoms with Gasteiger partial charge in [0, 0.05) is 29.0 Å². The highest BCUT2D eigenvalue weighted by Gasteiger charge is 2.42. The van der Waals surface area contributed by atoms with E-state index < -0.39 is 0 Å². The number of aryl methyl sites for hydroxylation is 3. The van der Waals surface area contributed by atoms with Gasteiger partial charge in [-0.05, 0) is 105 Å². The molecule has 2 aromatic heterocycles. The van der Waals surface area contributed by atoms with Gasteiger partial charge >= 0.3 is 0 Å². The molecule has 0 amide bonds. The molecule has 1 aliphatic heterocycles. The monoisotopic (exact) mass is 484 g/mol. The molecule has 6 heteroatoms. The van der Waals surface area contributed by atoms with Gasteiger partial charge in [0.2, 0.25) is 0 Å². The fourth-order valence-electron chi connectivity index (χ4n) is 5.09. The van der Waals surface area contributed by atoms with E-state index in [2.05, 4.69) is 70.9 Å². The molecule has 0 spiro atoms. The van der Waals surface area contributed by atoms with Crippen LogP contribution < -0.4 is 10.2 Å². The molecule has 0 aliphatic carbocycles. The van der Waals surface area contributed by atoms with Crippen LogP contribution in [0.2, 0.25) is 0 Å². The zero-order valence-corrected chi connectivity index (χ0v) is 21.2. The molecule has 0 unspecified atom stereocenters. The van der Waals surface area contributed by atoms with E-state index in [9.17, 15) is 4.39 Å². The lowest BCUT2D eigenvalue weighted by Crippen LogP contribution is -2.29. The Kier molecular flexibility index (Phi) is 6.15. The molecule has 3 heterocycles. The van der Waals surface area contributed by atoms with Crippen LogP contribution in [0.3, 0.4) is 0 Å². The average Bonchev–Trinajstić information content (AvgIpc) is 3.36. The van der Waals surface area contributed by atoms with E-state index in [4.69, 9.17) is 12.2 Å². The number of rotatable bonds is 5. The van der Waals surface area contributed by atoms with Gasteiger partial charge in [-0.1, -0.05) is 25.1 Å². The van der Waals surface area contributed by atoms with Crippen molar-refractivity contribution in [1.82, 2.24) is 14.9 Å². The van der Waals surface area contributed by atoms with Crippen LogP contribution in [0.25, 0.3) is 5.69 Å². The lowest BCUT2D eigenvalue weighted by Gasteiger charge is -2.28. The van der Waals surface area contributed by atoms with Crippen molar-refractivity contribution in [1.29, 1.82) is 0 Å². The molecular weight excluding hydrogens is 455 g/mol. The maximum atomic E-state index is 14.1. The summed E-state index contributed by atoms with van der Waals surface area (Å²) in [6, 6.07) is 21.8. The topological polar surface area (TPSA) is 33.1 Å². The molecule has 1 aliphatic rings. The summed E-state index contributed by atoms with van der Waals surface area (Å²) in [7, 11) is 0. The number of halogens is 1. The largest absolute Gasteiger partial charge is 0.351 e. The summed E-state index contributed by atoms with van der Waals surface area (Å²) in [6.07, 6.45) is 2.82. The smallest absolute Gasteiger partial charge is 0.174 e. The Hall–Kier alpha value is -3.51. The lowest BCUT2D eigenvalue weighted by atomic mass is 9.96. The van der Waals surface area contributed by atoms with Gasteiger partial charge in [0.15, 0.2) is 5.11 Å². The number of pyridine rings is 1. The number of anilines is 1. The number of aromatic nitrogens is 2. The van der Waals surface area contributed by atoms with Crippen molar-refractivity contribution in [2.45, 2.75) is 46.2 Å². The van der Waals surface area contributed by atoms with E-state index >= 15 is 0 Å². The molecule has 0 bridgehead atoms. The fraction of sp³-hybridized carbons (Fsp3) is 0.241. The van der Waals surface area contributed by atoms with Gasteiger partial charge in [0.05, 0.1) is 17.8 Å². The van der Waals surface area contributed by atoms with Crippen LogP contribution in [0, 0.1) is 26.6 Å². The van der Waals surface area contributed by atoms with Crippen molar-refractivity contribution in [3.8, 4) is 5.69 Å². The van der Waals surface area contributed by atoms with Gasteiger partial charge in [0.1, 0.15) is 5.82 Å². The van der Waals surface area contributed by atoms with Crippen LogP contribution in [-0.4, -0.2) is 14.7 Å². The van der Waals surface area contributed by atoms with Gasteiger partial charge in [-0.15, -0.1) is 0 Å². The summed E-state index contributed by atoms with van der Waals surface area (Å²) in [4.78, 5) is 6.76. The molecule has 2 aromatic carbocycles. The standard InChI is InChI=1S/C29H29FN4S/c1-5-21-9-11-22(12-10-21)33-19(3)17-24(20(33)4)28-27(26-8-6-7-15-31-26)32-29(35)34(28)23-13-14-25(30)18(2)16-23/h6-17,27-28H,5H2,1-4H3,(H,32,35)/t27-,28-/m0/s1. The number of hydrogen-bond acceptors (Lipinski definition) is 2. The first-order valence-electron chi connectivity index (χ1n) is 11.9. The Bertz CT molecular complexity index is 1380. The molecule has 2 atom stereocenters. The minimum atomic E-state index is -0.224. The molecule has 5 rings (SSSR count). The second-order valence-electron chi connectivity index (χ2n) is 9.11. The molecule has 1 fully saturated rings. The van der Waals surface area contributed by atoms with Crippen LogP contribution in [0.5, 0.6) is 0 Å². The van der Waals surface area contributed by atoms with Gasteiger partial charge in [-0.3, -0.25) is 4.98 Å². The third-order valence-electron chi connectivity index (χ3n) is 6.91. The molecule has 0 saturated carbocycles. The van der Waals surface area contributed by atoms with Gasteiger partial charge in [0.25, 0.3) is 0 Å². The summed E-state index contributed by atoms with van der Waals surface area (Å²) >= 11 is 5.84. The van der Waals surface area contributed by atoms with E-state index in [-0.39, 0.29) is 17.9 Å². The zero-order valence-electron chi connectivity index (χ0n) is 20.4. The van der Waals surface area contributed by atoms with Crippen molar-refractivity contribution in [3.63, 3.8) is 0 Å². The highest BCUT2D eigenvalue weighted by Crippen LogP contribution is 2.44. The third kappa shape index (κ3) is 4.12. The summed E-state index contributed by atoms with van der Waals surface area (Å²) in [5.41, 5.74) is 8.27. The number of benzene rings is 2. The summed E-state index contributed by atoms with van der Waals surface area (Å²) in [5.74, 6) is -0.224. The van der Waals surface area contributed by atoms with E-state index in [1.165, 1.54) is 11.6 Å². The van der Waals surface area contributed by atoms with Crippen LogP contribution in [0.15, 0.2) is 72.9 Å². The van der Waals surface area contributed by atoms with Crippen LogP contribution in [0.4, 0.5) is 10.1 Å². The Morgan fingerprint density at radius 3 is 2.37 bits per heavy atom. The second kappa shape index (κ2) is 9.27. The van der Waals surface area contributed by atoms with Gasteiger partial charge in [-0.2, -0.15) is 0 Å². The van der Waals surface area contributed by atoms with Crippen molar-refractivity contribution < 1.29 is 4.39 Å². The van der Waals surface area contributed by atoms with Crippen LogP contribution in [0.1, 0.15) is 52.8 Å². The van der Waals surface area contributed by atoms with Crippen molar-refractivity contribution in [2.75, 3.05) is 4.90 Å². The SMILES string of the molecule is CCc1ccc(-n2c(C)cc([C@H]3[C@H](c4ccccn4)NC(=S)N3c3ccc(F)c(C)c3)c2C)cc1. The zero-order chi connectivity index (χ0) is 24.7. The number of thiocarbonyl (C=S) groups is 1. The maximum absolute atomic E-state index is 14.1. The van der Waals surface area contributed by atoms with Gasteiger partial charge < -0.3 is 14.8 Å². The first-order chi connectivity index (χ1) is 16.9. The summed E-state index contributed by atoms with van der Waals surface area (Å²) in [6.45, 7) is 8.23. The maximum Gasteiger partial charge on any atom is 0.174 e. The summed E-state index contributed by atoms with van der Waals surface area (Å²) in [5, 5.41) is 4.11. The van der Waals surface area contributed by atoms with E-state index in [1.54, 1.807) is 19.2 Å². The lowest BCUT2D eigenvalue weighted by molar-refractivity contribution is 0.564. The highest BCUT2D eigenvalue weighted by atomic mass is 32.1. The van der Waals surface area contributed by atoms with Gasteiger partial charge in [-0.25, -0.2) is 4.39 Å². The minimum absolute atomic E-state index is 0.142. The Morgan fingerprint density at radius 2 is 1.71 bits per heavy atom. The molecule has 35 heavy (non-hydrogen) atoms. The van der Waals surface area contributed by atoms with E-state index in [0.29, 0.717) is 10.7 Å². The molecule has 1 saturated heterocycles. The van der Waals surface area contributed by atoms with E-state index in [1.807, 2.05) is 24.3 Å². The molecule has 1 N–H and O–H groups in total. The first-order valence-corrected chi connectivity index (χ1v) is 12.3. The number of nitrogens with one attached hydrogen (secondary N) is 1. The Morgan fingerprint density at radius 1 is 0.971 bits per heavy atom. The van der Waals surface area contributed by atoms with Crippen molar-refractivity contribution >= 4 is 23.0 Å². The Balaban J connectivity index is 1.66. The molecule has 178 valence electrons. The first kappa shape index (κ1) is 23.2. The third-order valence-corrected chi connectivity index (χ3v) is 7.22. The predicted molar refractivity (Wildman–Crippen MR) is 144 cm³/mol. The molecule has 4 nitrogen and oxygen atoms in total.